The largest absolute Gasteiger partial charge is 0.506 e. The molecule has 0 saturated heterocycles. The van der Waals surface area contributed by atoms with E-state index in [4.69, 9.17) is 4.42 Å². The minimum Gasteiger partial charge on any atom is -0.506 e. The number of fused-ring (bicyclic) bond motifs is 1. The molecule has 5 heteroatoms. The van der Waals surface area contributed by atoms with Gasteiger partial charge in [-0.25, -0.2) is 0 Å². The second-order valence-electron chi connectivity index (χ2n) is 4.36. The van der Waals surface area contributed by atoms with Crippen molar-refractivity contribution in [3.05, 3.63) is 47.9 Å². The molecule has 19 heavy (non-hydrogen) atoms. The number of aromatic hydroxyl groups is 1. The van der Waals surface area contributed by atoms with Gasteiger partial charge < -0.3 is 19.8 Å². The molecule has 5 nitrogen and oxygen atoms in total. The van der Waals surface area contributed by atoms with Crippen LogP contribution in [0.2, 0.25) is 0 Å². The summed E-state index contributed by atoms with van der Waals surface area (Å²) in [6.45, 7) is 1.89. The zero-order valence-electron chi connectivity index (χ0n) is 10.2. The summed E-state index contributed by atoms with van der Waals surface area (Å²) in [5.41, 5.74) is 3.11. The normalized spacial score (nSPS) is 10.8. The Bertz CT molecular complexity index is 726. The Balaban J connectivity index is 1.88. The molecule has 1 amide bonds. The van der Waals surface area contributed by atoms with Crippen molar-refractivity contribution in [3.8, 4) is 5.75 Å². The van der Waals surface area contributed by atoms with E-state index in [1.165, 1.54) is 0 Å². The predicted molar refractivity (Wildman–Crippen MR) is 71.4 cm³/mol. The molecule has 0 aliphatic rings. The molecule has 0 spiro atoms. The van der Waals surface area contributed by atoms with Crippen molar-refractivity contribution in [2.45, 2.75) is 6.92 Å². The third kappa shape index (κ3) is 2.06. The van der Waals surface area contributed by atoms with Crippen LogP contribution in [0, 0.1) is 6.92 Å². The van der Waals surface area contributed by atoms with Gasteiger partial charge >= 0.3 is 0 Å². The van der Waals surface area contributed by atoms with Gasteiger partial charge in [-0.05, 0) is 24.6 Å². The molecule has 0 aliphatic carbocycles. The van der Waals surface area contributed by atoms with E-state index in [0.717, 1.165) is 11.1 Å². The van der Waals surface area contributed by atoms with E-state index in [9.17, 15) is 9.90 Å². The van der Waals surface area contributed by atoms with Crippen molar-refractivity contribution < 1.29 is 14.3 Å². The molecular weight excluding hydrogens is 244 g/mol. The van der Waals surface area contributed by atoms with Gasteiger partial charge in [0, 0.05) is 12.1 Å². The monoisotopic (exact) mass is 256 g/mol. The molecule has 3 rings (SSSR count). The Morgan fingerprint density at radius 1 is 1.32 bits per heavy atom. The molecule has 0 aliphatic heterocycles. The summed E-state index contributed by atoms with van der Waals surface area (Å²) < 4.78 is 5.18. The molecule has 0 atom stereocenters. The first-order chi connectivity index (χ1) is 9.13. The van der Waals surface area contributed by atoms with Crippen molar-refractivity contribution in [3.63, 3.8) is 0 Å². The molecule has 0 unspecified atom stereocenters. The summed E-state index contributed by atoms with van der Waals surface area (Å²) >= 11 is 0. The fraction of sp³-hybridized carbons (Fsp3) is 0.0714. The highest BCUT2D eigenvalue weighted by Crippen LogP contribution is 2.25. The van der Waals surface area contributed by atoms with Crippen LogP contribution in [-0.2, 0) is 0 Å². The number of anilines is 1. The molecule has 96 valence electrons. The van der Waals surface area contributed by atoms with E-state index >= 15 is 0 Å². The summed E-state index contributed by atoms with van der Waals surface area (Å²) in [7, 11) is 0. The number of amides is 1. The van der Waals surface area contributed by atoms with Crippen LogP contribution in [0.3, 0.4) is 0 Å². The fourth-order valence-electron chi connectivity index (χ4n) is 1.91. The van der Waals surface area contributed by atoms with Gasteiger partial charge in [-0.2, -0.15) is 0 Å². The number of hydrogen-bond donors (Lipinski definition) is 3. The zero-order valence-corrected chi connectivity index (χ0v) is 10.2. The predicted octanol–water partition coefficient (Wildman–Crippen LogP) is 3.03. The van der Waals surface area contributed by atoms with Crippen molar-refractivity contribution >= 4 is 22.7 Å². The van der Waals surface area contributed by atoms with Gasteiger partial charge in [0.2, 0.25) is 0 Å². The van der Waals surface area contributed by atoms with Gasteiger partial charge in [-0.15, -0.1) is 0 Å². The molecule has 1 aromatic carbocycles. The minimum absolute atomic E-state index is 0.0363. The van der Waals surface area contributed by atoms with Gasteiger partial charge in [0.05, 0.1) is 17.5 Å². The lowest BCUT2D eigenvalue weighted by molar-refractivity contribution is 0.102. The number of hydrogen-bond acceptors (Lipinski definition) is 3. The van der Waals surface area contributed by atoms with Crippen LogP contribution in [0.15, 0.2) is 41.0 Å². The van der Waals surface area contributed by atoms with E-state index in [-0.39, 0.29) is 11.7 Å². The van der Waals surface area contributed by atoms with Crippen LogP contribution in [0.25, 0.3) is 11.1 Å². The van der Waals surface area contributed by atoms with Crippen molar-refractivity contribution in [2.75, 3.05) is 5.32 Å². The summed E-state index contributed by atoms with van der Waals surface area (Å²) in [4.78, 5) is 15.0. The number of benzene rings is 1. The van der Waals surface area contributed by atoms with Gasteiger partial charge in [-0.3, -0.25) is 4.79 Å². The highest BCUT2D eigenvalue weighted by Gasteiger charge is 2.13. The lowest BCUT2D eigenvalue weighted by atomic mass is 10.2. The van der Waals surface area contributed by atoms with E-state index < -0.39 is 0 Å². The highest BCUT2D eigenvalue weighted by molar-refractivity contribution is 6.06. The van der Waals surface area contributed by atoms with Crippen LogP contribution >= 0.6 is 0 Å². The average molecular weight is 256 g/mol. The third-order valence-corrected chi connectivity index (χ3v) is 2.88. The summed E-state index contributed by atoms with van der Waals surface area (Å²) in [6, 6.07) is 8.40. The molecule has 0 fully saturated rings. The molecule has 2 heterocycles. The number of nitrogens with one attached hydrogen (secondary N) is 2. The number of carbonyl (C=O) groups is 1. The van der Waals surface area contributed by atoms with Gasteiger partial charge in [0.1, 0.15) is 11.4 Å². The van der Waals surface area contributed by atoms with Crippen LogP contribution in [-0.4, -0.2) is 16.0 Å². The van der Waals surface area contributed by atoms with Crippen LogP contribution in [0.5, 0.6) is 5.75 Å². The SMILES string of the molecule is Cc1ccc(O)c(NC(=O)c2cc3occc3[nH]2)c1. The standard InChI is InChI=1S/C14H12N2O3/c1-8-2-3-12(17)10(6-8)16-14(18)11-7-13-9(15-11)4-5-19-13/h2-7,15,17H,1H3,(H,16,18). The summed E-state index contributed by atoms with van der Waals surface area (Å²) in [6.07, 6.45) is 1.55. The number of rotatable bonds is 2. The number of furan rings is 1. The van der Waals surface area contributed by atoms with Gasteiger partial charge in [0.15, 0.2) is 5.58 Å². The average Bonchev–Trinajstić information content (AvgIpc) is 2.94. The van der Waals surface area contributed by atoms with Crippen LogP contribution in [0.4, 0.5) is 5.69 Å². The highest BCUT2D eigenvalue weighted by atomic mass is 16.3. The van der Waals surface area contributed by atoms with Gasteiger partial charge in [-0.1, -0.05) is 6.07 Å². The van der Waals surface area contributed by atoms with Gasteiger partial charge in [0.25, 0.3) is 5.91 Å². The Morgan fingerprint density at radius 2 is 2.16 bits per heavy atom. The van der Waals surface area contributed by atoms with E-state index in [2.05, 4.69) is 10.3 Å². The summed E-state index contributed by atoms with van der Waals surface area (Å²) in [5, 5.41) is 12.3. The second-order valence-corrected chi connectivity index (χ2v) is 4.36. The number of carbonyl (C=O) groups excluding carboxylic acids is 1. The summed E-state index contributed by atoms with van der Waals surface area (Å²) in [5.74, 6) is -0.290. The second kappa shape index (κ2) is 4.20. The number of aromatic amines is 1. The van der Waals surface area contributed by atoms with E-state index in [0.29, 0.717) is 17.0 Å². The molecule has 0 saturated carbocycles. The van der Waals surface area contributed by atoms with E-state index in [1.54, 1.807) is 36.6 Å². The van der Waals surface area contributed by atoms with Crippen molar-refractivity contribution in [2.24, 2.45) is 0 Å². The third-order valence-electron chi connectivity index (χ3n) is 2.88. The molecule has 0 bridgehead atoms. The first-order valence-corrected chi connectivity index (χ1v) is 5.80. The van der Waals surface area contributed by atoms with Crippen LogP contribution in [0.1, 0.15) is 16.1 Å². The number of phenols is 1. The number of H-pyrrole nitrogens is 1. The lowest BCUT2D eigenvalue weighted by Gasteiger charge is -2.07. The first-order valence-electron chi connectivity index (χ1n) is 5.80. The Hall–Kier alpha value is -2.69. The van der Waals surface area contributed by atoms with E-state index in [1.807, 2.05) is 6.92 Å². The smallest absolute Gasteiger partial charge is 0.272 e. The topological polar surface area (TPSA) is 78.3 Å². The minimum atomic E-state index is -0.327. The molecule has 0 radical (unpaired) electrons. The molecular formula is C14H12N2O3. The number of aromatic nitrogens is 1. The molecule has 3 N–H and O–H groups in total. The fourth-order valence-corrected chi connectivity index (χ4v) is 1.91. The van der Waals surface area contributed by atoms with Crippen LogP contribution < -0.4 is 5.32 Å². The Kier molecular flexibility index (Phi) is 2.52. The molecule has 2 aromatic heterocycles. The zero-order chi connectivity index (χ0) is 13.4. The first kappa shape index (κ1) is 11.4. The maximum Gasteiger partial charge on any atom is 0.272 e. The number of phenolic OH excluding ortho intramolecular Hbond substituents is 1. The van der Waals surface area contributed by atoms with Crippen molar-refractivity contribution in [1.29, 1.82) is 0 Å². The Labute approximate surface area is 108 Å². The number of aryl methyl sites for hydroxylation is 1. The maximum atomic E-state index is 12.1. The quantitative estimate of drug-likeness (QED) is 0.617. The lowest BCUT2D eigenvalue weighted by Crippen LogP contribution is -2.12. The molecule has 3 aromatic rings. The Morgan fingerprint density at radius 3 is 2.95 bits per heavy atom. The van der Waals surface area contributed by atoms with Crippen molar-refractivity contribution in [1.82, 2.24) is 4.98 Å². The maximum absolute atomic E-state index is 12.1.